The highest BCUT2D eigenvalue weighted by Gasteiger charge is 2.33. The van der Waals surface area contributed by atoms with Crippen LogP contribution in [0.4, 0.5) is 4.39 Å². The van der Waals surface area contributed by atoms with Crippen molar-refractivity contribution < 1.29 is 9.13 Å². The van der Waals surface area contributed by atoms with E-state index in [2.05, 4.69) is 0 Å². The van der Waals surface area contributed by atoms with Crippen LogP contribution in [0.3, 0.4) is 0 Å². The largest absolute Gasteiger partial charge is 0.380 e. The van der Waals surface area contributed by atoms with Crippen molar-refractivity contribution in [1.82, 2.24) is 0 Å². The van der Waals surface area contributed by atoms with Crippen LogP contribution in [0, 0.1) is 0 Å². The van der Waals surface area contributed by atoms with Gasteiger partial charge in [-0.1, -0.05) is 6.32 Å². The van der Waals surface area contributed by atoms with Crippen molar-refractivity contribution in [3.8, 4) is 0 Å². The third-order valence-corrected chi connectivity index (χ3v) is 2.61. The predicted octanol–water partition coefficient (Wildman–Crippen LogP) is -1.38. The first-order valence-corrected chi connectivity index (χ1v) is 4.42. The van der Waals surface area contributed by atoms with Crippen LogP contribution < -0.4 is 0 Å². The Morgan fingerprint density at radius 1 is 1.45 bits per heavy atom. The Morgan fingerprint density at radius 2 is 2.09 bits per heavy atom. The molecule has 1 nitrogen and oxygen atoms in total. The molecule has 60 valence electrons. The number of alkyl halides is 1. The lowest BCUT2D eigenvalue weighted by Crippen LogP contribution is -2.37. The Balaban J connectivity index is 2.52. The number of hydrogen-bond acceptors (Lipinski definition) is 1. The maximum absolute atomic E-state index is 13.3. The van der Waals surface area contributed by atoms with Crippen molar-refractivity contribution in [3.63, 3.8) is 0 Å². The lowest BCUT2D eigenvalue weighted by atomic mass is 9.65. The fraction of sp³-hybridized carbons (Fsp3) is 1.00. The molecule has 1 saturated heterocycles. The van der Waals surface area contributed by atoms with Crippen LogP contribution in [0.5, 0.6) is 0 Å². The van der Waals surface area contributed by atoms with Crippen LogP contribution in [0.2, 0.25) is 18.0 Å². The van der Waals surface area contributed by atoms with E-state index < -0.39 is 6.17 Å². The molecule has 0 N–H and O–H groups in total. The highest BCUT2D eigenvalue weighted by atomic mass is 19.1. The van der Waals surface area contributed by atoms with Gasteiger partial charge in [0.2, 0.25) is 0 Å². The highest BCUT2D eigenvalue weighted by Crippen LogP contribution is 2.33. The van der Waals surface area contributed by atoms with E-state index in [1.165, 1.54) is 0 Å². The number of hydrogen-bond donors (Lipinski definition) is 0. The zero-order chi connectivity index (χ0) is 8.43. The molecule has 5 heteroatoms. The molecule has 0 aromatic heterocycles. The smallest absolute Gasteiger partial charge is 0.112 e. The van der Waals surface area contributed by atoms with Gasteiger partial charge in [-0.05, 0) is 11.6 Å². The summed E-state index contributed by atoms with van der Waals surface area (Å²) in [5.74, 6) is 0.150. The van der Waals surface area contributed by atoms with Crippen molar-refractivity contribution in [1.29, 1.82) is 0 Å². The summed E-state index contributed by atoms with van der Waals surface area (Å²) in [4.78, 5) is 0. The Hall–Kier alpha value is 0.0848. The second kappa shape index (κ2) is 3.66. The van der Waals surface area contributed by atoms with E-state index in [9.17, 15) is 4.39 Å². The van der Waals surface area contributed by atoms with Gasteiger partial charge in [-0.2, -0.15) is 0 Å². The van der Waals surface area contributed by atoms with Gasteiger partial charge in [0.1, 0.15) is 23.5 Å². The molecular formula is C6H14B3FO. The first-order valence-electron chi connectivity index (χ1n) is 4.42. The summed E-state index contributed by atoms with van der Waals surface area (Å²) in [5.41, 5.74) is 0. The van der Waals surface area contributed by atoms with Crippen molar-refractivity contribution in [2.75, 3.05) is 6.61 Å². The fourth-order valence-electron chi connectivity index (χ4n) is 1.73. The quantitative estimate of drug-likeness (QED) is 0.422. The van der Waals surface area contributed by atoms with Crippen molar-refractivity contribution >= 4 is 23.5 Å². The molecule has 0 aromatic rings. The van der Waals surface area contributed by atoms with Crippen LogP contribution in [0.1, 0.15) is 0 Å². The first kappa shape index (κ1) is 9.18. The van der Waals surface area contributed by atoms with Crippen LogP contribution in [0.15, 0.2) is 0 Å². The highest BCUT2D eigenvalue weighted by molar-refractivity contribution is 6.17. The van der Waals surface area contributed by atoms with Gasteiger partial charge in [0.15, 0.2) is 0 Å². The average molecular weight is 154 g/mol. The molecule has 1 heterocycles. The molecular weight excluding hydrogens is 139 g/mol. The molecule has 4 atom stereocenters. The second-order valence-electron chi connectivity index (χ2n) is 3.56. The zero-order valence-corrected chi connectivity index (χ0v) is 7.51. The fourth-order valence-corrected chi connectivity index (χ4v) is 1.73. The lowest BCUT2D eigenvalue weighted by molar-refractivity contribution is -0.00456. The third-order valence-electron chi connectivity index (χ3n) is 2.61. The van der Waals surface area contributed by atoms with Gasteiger partial charge < -0.3 is 4.74 Å². The average Bonchev–Trinajstić information content (AvgIpc) is 2.01. The van der Waals surface area contributed by atoms with E-state index in [0.29, 0.717) is 6.61 Å². The summed E-state index contributed by atoms with van der Waals surface area (Å²) in [6.45, 7) is 0.587. The summed E-state index contributed by atoms with van der Waals surface area (Å²) >= 11 is 0. The van der Waals surface area contributed by atoms with Crippen molar-refractivity contribution in [2.45, 2.75) is 30.2 Å². The molecule has 0 aromatic carbocycles. The molecule has 1 aliphatic heterocycles. The number of halogens is 1. The predicted molar refractivity (Wildman–Crippen MR) is 52.6 cm³/mol. The minimum atomic E-state index is -0.673. The number of ether oxygens (including phenoxy) is 1. The van der Waals surface area contributed by atoms with Gasteiger partial charge in [-0.3, -0.25) is 0 Å². The summed E-state index contributed by atoms with van der Waals surface area (Å²) in [6, 6.07) is 0. The van der Waals surface area contributed by atoms with Crippen molar-refractivity contribution in [2.24, 2.45) is 0 Å². The molecule has 1 aliphatic rings. The van der Waals surface area contributed by atoms with Crippen LogP contribution in [0.25, 0.3) is 0 Å². The van der Waals surface area contributed by atoms with E-state index in [-0.39, 0.29) is 17.7 Å². The van der Waals surface area contributed by atoms with Gasteiger partial charge in [0.25, 0.3) is 0 Å². The molecule has 1 fully saturated rings. The Kier molecular flexibility index (Phi) is 3.05. The molecule has 11 heavy (non-hydrogen) atoms. The molecule has 0 unspecified atom stereocenters. The monoisotopic (exact) mass is 154 g/mol. The Bertz CT molecular complexity index is 133. The van der Waals surface area contributed by atoms with Gasteiger partial charge in [-0.25, -0.2) is 4.39 Å². The van der Waals surface area contributed by atoms with E-state index in [1.54, 1.807) is 0 Å². The molecule has 0 amide bonds. The minimum Gasteiger partial charge on any atom is -0.380 e. The molecule has 0 aliphatic carbocycles. The molecule has 0 saturated carbocycles. The molecule has 1 rings (SSSR count). The van der Waals surface area contributed by atoms with E-state index in [4.69, 9.17) is 4.74 Å². The Morgan fingerprint density at radius 3 is 2.64 bits per heavy atom. The standard InChI is InChI=1S/C6H14B3FO/c7-1-4-5(9)6(10)3(8)2-11-4/h3-6H,1-2,7-9H2/t3-,4-,5-,6+/m1/s1. The van der Waals surface area contributed by atoms with E-state index >= 15 is 0 Å². The molecule has 0 bridgehead atoms. The lowest BCUT2D eigenvalue weighted by Gasteiger charge is -2.35. The summed E-state index contributed by atoms with van der Waals surface area (Å²) in [7, 11) is 5.89. The Labute approximate surface area is 70.3 Å². The second-order valence-corrected chi connectivity index (χ2v) is 3.56. The van der Waals surface area contributed by atoms with Crippen molar-refractivity contribution in [3.05, 3.63) is 0 Å². The maximum Gasteiger partial charge on any atom is 0.112 e. The van der Waals surface area contributed by atoms with Gasteiger partial charge >= 0.3 is 0 Å². The van der Waals surface area contributed by atoms with Crippen LogP contribution >= 0.6 is 0 Å². The zero-order valence-electron chi connectivity index (χ0n) is 7.51. The molecule has 0 radical (unpaired) electrons. The summed E-state index contributed by atoms with van der Waals surface area (Å²) < 4.78 is 18.8. The van der Waals surface area contributed by atoms with E-state index in [0.717, 1.165) is 6.32 Å². The van der Waals surface area contributed by atoms with E-state index in [1.807, 2.05) is 23.5 Å². The topological polar surface area (TPSA) is 9.23 Å². The van der Waals surface area contributed by atoms with Crippen LogP contribution in [-0.2, 0) is 4.74 Å². The SMILES string of the molecule is BC[C@H]1OC[C@@H](B)[C@H](F)[C@@H]1B. The summed E-state index contributed by atoms with van der Waals surface area (Å²) in [6.07, 6.45) is 0.392. The minimum absolute atomic E-state index is 0.0729. The third kappa shape index (κ3) is 1.81. The molecule has 0 spiro atoms. The number of rotatable bonds is 1. The summed E-state index contributed by atoms with van der Waals surface area (Å²) in [5, 5.41) is 0. The van der Waals surface area contributed by atoms with Gasteiger partial charge in [0.05, 0.1) is 6.17 Å². The van der Waals surface area contributed by atoms with Gasteiger partial charge in [-0.15, -0.1) is 0 Å². The van der Waals surface area contributed by atoms with Gasteiger partial charge in [0, 0.05) is 12.7 Å². The van der Waals surface area contributed by atoms with Crippen LogP contribution in [-0.4, -0.2) is 42.4 Å². The normalized spacial score (nSPS) is 45.5. The first-order chi connectivity index (χ1) is 5.16. The maximum atomic E-state index is 13.3.